The van der Waals surface area contributed by atoms with Crippen LogP contribution < -0.4 is 5.32 Å². The number of nitrogens with one attached hydrogen (secondary N) is 1. The fourth-order valence-corrected chi connectivity index (χ4v) is 2.00. The van der Waals surface area contributed by atoms with E-state index >= 15 is 0 Å². The van der Waals surface area contributed by atoms with Crippen molar-refractivity contribution in [3.05, 3.63) is 0 Å². The molecule has 0 aromatic carbocycles. The second-order valence-electron chi connectivity index (χ2n) is 3.74. The van der Waals surface area contributed by atoms with Gasteiger partial charge in [-0.15, -0.1) is 12.3 Å². The minimum Gasteiger partial charge on any atom is -0.396 e. The molecule has 2 unspecified atom stereocenters. The van der Waals surface area contributed by atoms with Crippen LogP contribution in [-0.2, 0) is 0 Å². The summed E-state index contributed by atoms with van der Waals surface area (Å²) in [5.41, 5.74) is 0. The van der Waals surface area contributed by atoms with E-state index in [1.807, 2.05) is 0 Å². The van der Waals surface area contributed by atoms with Crippen molar-refractivity contribution in [3.8, 4) is 12.3 Å². The maximum atomic E-state index is 9.07. The molecular weight excluding hydrogens is 162 g/mol. The molecule has 13 heavy (non-hydrogen) atoms. The summed E-state index contributed by atoms with van der Waals surface area (Å²) in [5.74, 6) is 3.11. The summed E-state index contributed by atoms with van der Waals surface area (Å²) < 4.78 is 0. The Balaban J connectivity index is 2.10. The van der Waals surface area contributed by atoms with Gasteiger partial charge in [0, 0.05) is 19.1 Å². The highest BCUT2D eigenvalue weighted by atomic mass is 16.3. The van der Waals surface area contributed by atoms with E-state index < -0.39 is 0 Å². The molecule has 0 bridgehead atoms. The van der Waals surface area contributed by atoms with Crippen molar-refractivity contribution in [2.75, 3.05) is 13.2 Å². The average Bonchev–Trinajstić information content (AvgIpc) is 2.60. The van der Waals surface area contributed by atoms with Crippen molar-refractivity contribution in [3.63, 3.8) is 0 Å². The van der Waals surface area contributed by atoms with Crippen LogP contribution in [0, 0.1) is 18.3 Å². The fraction of sp³-hybridized carbons (Fsp3) is 0.818. The van der Waals surface area contributed by atoms with Crippen LogP contribution in [0.25, 0.3) is 0 Å². The first-order valence-corrected chi connectivity index (χ1v) is 5.16. The molecule has 1 saturated carbocycles. The molecule has 0 aromatic rings. The molecule has 74 valence electrons. The van der Waals surface area contributed by atoms with E-state index in [2.05, 4.69) is 11.2 Å². The summed E-state index contributed by atoms with van der Waals surface area (Å²) in [7, 11) is 0. The van der Waals surface area contributed by atoms with E-state index in [-0.39, 0.29) is 0 Å². The van der Waals surface area contributed by atoms with Gasteiger partial charge in [-0.1, -0.05) is 6.42 Å². The molecule has 2 N–H and O–H groups in total. The Hall–Kier alpha value is -0.520. The van der Waals surface area contributed by atoms with Crippen LogP contribution in [0.1, 0.15) is 32.1 Å². The Labute approximate surface area is 80.7 Å². The molecule has 0 saturated heterocycles. The number of aliphatic hydroxyl groups is 1. The summed E-state index contributed by atoms with van der Waals surface area (Å²) >= 11 is 0. The lowest BCUT2D eigenvalue weighted by molar-refractivity contribution is 0.205. The molecule has 0 heterocycles. The van der Waals surface area contributed by atoms with Crippen molar-refractivity contribution in [2.24, 2.45) is 5.92 Å². The zero-order valence-electron chi connectivity index (χ0n) is 8.13. The normalized spacial score (nSPS) is 27.4. The van der Waals surface area contributed by atoms with Gasteiger partial charge in [0.15, 0.2) is 0 Å². The summed E-state index contributed by atoms with van der Waals surface area (Å²) in [6.07, 6.45) is 10.7. The van der Waals surface area contributed by atoms with Crippen molar-refractivity contribution < 1.29 is 5.11 Å². The molecule has 1 rings (SSSR count). The third kappa shape index (κ3) is 3.38. The molecule has 1 aliphatic rings. The highest BCUT2D eigenvalue weighted by Crippen LogP contribution is 2.24. The third-order valence-corrected chi connectivity index (χ3v) is 2.80. The van der Waals surface area contributed by atoms with Crippen LogP contribution >= 0.6 is 0 Å². The zero-order valence-corrected chi connectivity index (χ0v) is 8.13. The number of unbranched alkanes of at least 4 members (excludes halogenated alkanes) is 1. The lowest BCUT2D eigenvalue weighted by Crippen LogP contribution is -2.34. The van der Waals surface area contributed by atoms with Crippen LogP contribution in [0.3, 0.4) is 0 Å². The molecule has 0 spiro atoms. The van der Waals surface area contributed by atoms with Crippen LogP contribution in [0.15, 0.2) is 0 Å². The second kappa shape index (κ2) is 6.01. The molecule has 0 amide bonds. The Bertz CT molecular complexity index is 173. The lowest BCUT2D eigenvalue weighted by Gasteiger charge is -2.18. The topological polar surface area (TPSA) is 32.3 Å². The van der Waals surface area contributed by atoms with Gasteiger partial charge in [-0.25, -0.2) is 0 Å². The van der Waals surface area contributed by atoms with Crippen molar-refractivity contribution in [1.82, 2.24) is 5.32 Å². The van der Waals surface area contributed by atoms with E-state index in [9.17, 15) is 0 Å². The van der Waals surface area contributed by atoms with Gasteiger partial charge < -0.3 is 10.4 Å². The zero-order chi connectivity index (χ0) is 9.52. The first kappa shape index (κ1) is 10.6. The molecule has 2 heteroatoms. The smallest absolute Gasteiger partial charge is 0.0474 e. The predicted molar refractivity (Wildman–Crippen MR) is 54.3 cm³/mol. The highest BCUT2D eigenvalue weighted by molar-refractivity contribution is 4.85. The van der Waals surface area contributed by atoms with Crippen molar-refractivity contribution >= 4 is 0 Å². The lowest BCUT2D eigenvalue weighted by atomic mass is 10.1. The van der Waals surface area contributed by atoms with Gasteiger partial charge in [0.1, 0.15) is 0 Å². The van der Waals surface area contributed by atoms with Crippen LogP contribution in [0.5, 0.6) is 0 Å². The van der Waals surface area contributed by atoms with Crippen LogP contribution in [0.4, 0.5) is 0 Å². The molecule has 0 radical (unpaired) electrons. The van der Waals surface area contributed by atoms with Gasteiger partial charge in [0.2, 0.25) is 0 Å². The van der Waals surface area contributed by atoms with E-state index in [0.717, 1.165) is 19.4 Å². The van der Waals surface area contributed by atoms with E-state index in [1.165, 1.54) is 19.3 Å². The monoisotopic (exact) mass is 181 g/mol. The number of hydrogen-bond donors (Lipinski definition) is 2. The van der Waals surface area contributed by atoms with E-state index in [0.29, 0.717) is 18.6 Å². The van der Waals surface area contributed by atoms with E-state index in [4.69, 9.17) is 11.5 Å². The molecule has 2 atom stereocenters. The molecule has 0 aliphatic heterocycles. The van der Waals surface area contributed by atoms with Crippen LogP contribution in [-0.4, -0.2) is 24.3 Å². The molecule has 1 fully saturated rings. The number of terminal acetylenes is 1. The fourth-order valence-electron chi connectivity index (χ4n) is 2.00. The minimum absolute atomic E-state index is 0.326. The SMILES string of the molecule is C#CCCCNC1CCCC1CO. The minimum atomic E-state index is 0.326. The summed E-state index contributed by atoms with van der Waals surface area (Å²) in [6.45, 7) is 1.32. The van der Waals surface area contributed by atoms with Crippen molar-refractivity contribution in [2.45, 2.75) is 38.1 Å². The van der Waals surface area contributed by atoms with Gasteiger partial charge in [0.25, 0.3) is 0 Å². The summed E-state index contributed by atoms with van der Waals surface area (Å²) in [6, 6.07) is 0.530. The quantitative estimate of drug-likeness (QED) is 0.492. The Morgan fingerprint density at radius 3 is 3.00 bits per heavy atom. The molecular formula is C11H19NO. The number of aliphatic hydroxyl groups excluding tert-OH is 1. The Morgan fingerprint density at radius 1 is 1.46 bits per heavy atom. The molecule has 2 nitrogen and oxygen atoms in total. The standard InChI is InChI=1S/C11H19NO/c1-2-3-4-8-12-11-7-5-6-10(11)9-13/h1,10-13H,3-9H2. The van der Waals surface area contributed by atoms with E-state index in [1.54, 1.807) is 0 Å². The van der Waals surface area contributed by atoms with Crippen molar-refractivity contribution in [1.29, 1.82) is 0 Å². The summed E-state index contributed by atoms with van der Waals surface area (Å²) in [5, 5.41) is 12.5. The molecule has 1 aliphatic carbocycles. The van der Waals surface area contributed by atoms with Gasteiger partial charge >= 0.3 is 0 Å². The first-order chi connectivity index (χ1) is 6.38. The van der Waals surface area contributed by atoms with Crippen LogP contribution in [0.2, 0.25) is 0 Å². The summed E-state index contributed by atoms with van der Waals surface area (Å²) in [4.78, 5) is 0. The predicted octanol–water partition coefficient (Wildman–Crippen LogP) is 1.15. The third-order valence-electron chi connectivity index (χ3n) is 2.80. The largest absolute Gasteiger partial charge is 0.396 e. The highest BCUT2D eigenvalue weighted by Gasteiger charge is 2.25. The van der Waals surface area contributed by atoms with Gasteiger partial charge in [-0.2, -0.15) is 0 Å². The maximum Gasteiger partial charge on any atom is 0.0474 e. The van der Waals surface area contributed by atoms with Gasteiger partial charge in [-0.3, -0.25) is 0 Å². The molecule has 0 aromatic heterocycles. The maximum absolute atomic E-state index is 9.07. The second-order valence-corrected chi connectivity index (χ2v) is 3.74. The average molecular weight is 181 g/mol. The van der Waals surface area contributed by atoms with Gasteiger partial charge in [-0.05, 0) is 31.7 Å². The Morgan fingerprint density at radius 2 is 2.31 bits per heavy atom. The Kier molecular flexibility index (Phi) is 4.88. The van der Waals surface area contributed by atoms with Gasteiger partial charge in [0.05, 0.1) is 0 Å². The number of rotatable bonds is 5. The first-order valence-electron chi connectivity index (χ1n) is 5.16. The number of hydrogen-bond acceptors (Lipinski definition) is 2.